The Morgan fingerprint density at radius 3 is 2.71 bits per heavy atom. The molecule has 0 unspecified atom stereocenters. The number of anilines is 2. The number of fused-ring (bicyclic) bond motifs is 1. The molecular weight excluding hydrogens is 462 g/mol. The van der Waals surface area contributed by atoms with Gasteiger partial charge < -0.3 is 26.7 Å². The van der Waals surface area contributed by atoms with Gasteiger partial charge >= 0.3 is 0 Å². The topological polar surface area (TPSA) is 128 Å². The molecule has 5 N–H and O–H groups in total. The molecule has 0 saturated carbocycles. The van der Waals surface area contributed by atoms with Crippen molar-refractivity contribution in [1.82, 2.24) is 10.2 Å². The predicted molar refractivity (Wildman–Crippen MR) is 138 cm³/mol. The van der Waals surface area contributed by atoms with E-state index in [2.05, 4.69) is 10.6 Å². The summed E-state index contributed by atoms with van der Waals surface area (Å²) >= 11 is 1.46. The summed E-state index contributed by atoms with van der Waals surface area (Å²) in [5.74, 6) is -0.754. The third-order valence-corrected chi connectivity index (χ3v) is 7.44. The Kier molecular flexibility index (Phi) is 6.97. The number of carbonyl (C=O) groups is 3. The number of amides is 3. The van der Waals surface area contributed by atoms with Crippen LogP contribution in [0, 0.1) is 19.3 Å². The molecule has 0 saturated heterocycles. The van der Waals surface area contributed by atoms with E-state index in [0.29, 0.717) is 41.2 Å². The standard InChI is InChI=1S/C26H27N5O3S/c1-15-4-3-5-21(16(15)2)30-26(34)23-11-19-14-31(9-8-22(19)35-23)24(32)13-29-25(33)17-6-7-20(28)18(10-17)12-27/h3-7,10-12,27H,8-9,13-14,28H2,1-2H3,(H,29,33)(H,30,34). The number of rotatable bonds is 6. The summed E-state index contributed by atoms with van der Waals surface area (Å²) in [5.41, 5.74) is 10.9. The Bertz CT molecular complexity index is 1330. The minimum absolute atomic E-state index is 0.136. The summed E-state index contributed by atoms with van der Waals surface area (Å²) in [5, 5.41) is 13.0. The highest BCUT2D eigenvalue weighted by atomic mass is 32.1. The predicted octanol–water partition coefficient (Wildman–Crippen LogP) is 3.51. The fraction of sp³-hybridized carbons (Fsp3) is 0.231. The molecule has 1 aromatic heterocycles. The van der Waals surface area contributed by atoms with Crippen molar-refractivity contribution in [3.05, 3.63) is 80.0 Å². The molecule has 4 rings (SSSR count). The Morgan fingerprint density at radius 2 is 1.94 bits per heavy atom. The molecule has 35 heavy (non-hydrogen) atoms. The number of nitrogen functional groups attached to an aromatic ring is 1. The third-order valence-electron chi connectivity index (χ3n) is 6.20. The van der Waals surface area contributed by atoms with Crippen LogP contribution in [0.5, 0.6) is 0 Å². The fourth-order valence-electron chi connectivity index (χ4n) is 3.94. The van der Waals surface area contributed by atoms with Crippen LogP contribution in [0.2, 0.25) is 0 Å². The Morgan fingerprint density at radius 1 is 1.14 bits per heavy atom. The highest BCUT2D eigenvalue weighted by Gasteiger charge is 2.25. The number of carbonyl (C=O) groups excluding carboxylic acids is 3. The Hall–Kier alpha value is -3.98. The van der Waals surface area contributed by atoms with Crippen LogP contribution in [-0.4, -0.2) is 41.9 Å². The number of nitrogens with zero attached hydrogens (tertiary/aromatic N) is 1. The quantitative estimate of drug-likeness (QED) is 0.312. The first kappa shape index (κ1) is 24.2. The number of hydrogen-bond donors (Lipinski definition) is 4. The third kappa shape index (κ3) is 5.25. The minimum Gasteiger partial charge on any atom is -0.398 e. The monoisotopic (exact) mass is 489 g/mol. The highest BCUT2D eigenvalue weighted by molar-refractivity contribution is 7.14. The summed E-state index contributed by atoms with van der Waals surface area (Å²) in [4.78, 5) is 41.4. The van der Waals surface area contributed by atoms with E-state index in [1.54, 1.807) is 17.0 Å². The average molecular weight is 490 g/mol. The first-order chi connectivity index (χ1) is 16.8. The zero-order valence-corrected chi connectivity index (χ0v) is 20.4. The second-order valence-corrected chi connectivity index (χ2v) is 9.63. The number of hydrogen-bond acceptors (Lipinski definition) is 6. The number of nitrogens with one attached hydrogen (secondary N) is 3. The second-order valence-electron chi connectivity index (χ2n) is 8.50. The SMILES string of the molecule is Cc1cccc(NC(=O)c2cc3c(s2)CCN(C(=O)CNC(=O)c2ccc(N)c(C=N)c2)C3)c1C. The molecule has 9 heteroatoms. The van der Waals surface area contributed by atoms with Crippen molar-refractivity contribution in [1.29, 1.82) is 5.41 Å². The van der Waals surface area contributed by atoms with Gasteiger partial charge in [-0.3, -0.25) is 14.4 Å². The van der Waals surface area contributed by atoms with Crippen LogP contribution in [0.15, 0.2) is 42.5 Å². The van der Waals surface area contributed by atoms with Crippen LogP contribution in [-0.2, 0) is 17.8 Å². The van der Waals surface area contributed by atoms with Crippen LogP contribution in [0.4, 0.5) is 11.4 Å². The molecule has 0 radical (unpaired) electrons. The van der Waals surface area contributed by atoms with Crippen molar-refractivity contribution >= 4 is 46.6 Å². The smallest absolute Gasteiger partial charge is 0.265 e. The van der Waals surface area contributed by atoms with Crippen molar-refractivity contribution in [2.24, 2.45) is 0 Å². The lowest BCUT2D eigenvalue weighted by Crippen LogP contribution is -2.42. The van der Waals surface area contributed by atoms with Gasteiger partial charge in [0.2, 0.25) is 5.91 Å². The highest BCUT2D eigenvalue weighted by Crippen LogP contribution is 2.29. The first-order valence-electron chi connectivity index (χ1n) is 11.2. The van der Waals surface area contributed by atoms with Gasteiger partial charge in [-0.1, -0.05) is 12.1 Å². The maximum Gasteiger partial charge on any atom is 0.265 e. The molecule has 1 aliphatic rings. The van der Waals surface area contributed by atoms with Crippen molar-refractivity contribution < 1.29 is 14.4 Å². The molecule has 0 fully saturated rings. The van der Waals surface area contributed by atoms with Crippen molar-refractivity contribution in [3.8, 4) is 0 Å². The van der Waals surface area contributed by atoms with E-state index in [1.165, 1.54) is 17.4 Å². The molecule has 1 aliphatic heterocycles. The van der Waals surface area contributed by atoms with Crippen LogP contribution < -0.4 is 16.4 Å². The molecule has 0 aliphatic carbocycles. The molecule has 8 nitrogen and oxygen atoms in total. The van der Waals surface area contributed by atoms with Crippen LogP contribution in [0.3, 0.4) is 0 Å². The molecule has 3 aromatic rings. The molecule has 2 heterocycles. The van der Waals surface area contributed by atoms with Gasteiger partial charge in [-0.25, -0.2) is 0 Å². The van der Waals surface area contributed by atoms with E-state index in [0.717, 1.165) is 33.5 Å². The summed E-state index contributed by atoms with van der Waals surface area (Å²) in [6.07, 6.45) is 1.75. The van der Waals surface area contributed by atoms with E-state index in [9.17, 15) is 14.4 Å². The van der Waals surface area contributed by atoms with Crippen LogP contribution >= 0.6 is 11.3 Å². The molecule has 0 spiro atoms. The molecule has 3 amide bonds. The first-order valence-corrected chi connectivity index (χ1v) is 12.0. The number of aryl methyl sites for hydroxylation is 1. The van der Waals surface area contributed by atoms with Gasteiger partial charge in [0.1, 0.15) is 0 Å². The van der Waals surface area contributed by atoms with E-state index >= 15 is 0 Å². The van der Waals surface area contributed by atoms with Gasteiger partial charge in [0.15, 0.2) is 0 Å². The molecule has 0 bridgehead atoms. The molecule has 2 aromatic carbocycles. The second kappa shape index (κ2) is 10.1. The van der Waals surface area contributed by atoms with Crippen molar-refractivity contribution in [2.75, 3.05) is 24.1 Å². The fourth-order valence-corrected chi connectivity index (χ4v) is 5.00. The Labute approximate surface area is 207 Å². The summed E-state index contributed by atoms with van der Waals surface area (Å²) < 4.78 is 0. The van der Waals surface area contributed by atoms with E-state index in [4.69, 9.17) is 11.1 Å². The van der Waals surface area contributed by atoms with Gasteiger partial charge in [-0.05, 0) is 67.3 Å². The molecular formula is C26H27N5O3S. The van der Waals surface area contributed by atoms with E-state index in [-0.39, 0.29) is 18.4 Å². The van der Waals surface area contributed by atoms with Crippen molar-refractivity contribution in [3.63, 3.8) is 0 Å². The number of benzene rings is 2. The zero-order chi connectivity index (χ0) is 25.1. The van der Waals surface area contributed by atoms with Gasteiger partial charge in [-0.15, -0.1) is 11.3 Å². The summed E-state index contributed by atoms with van der Waals surface area (Å²) in [7, 11) is 0. The van der Waals surface area contributed by atoms with Gasteiger partial charge in [0, 0.05) is 46.7 Å². The lowest BCUT2D eigenvalue weighted by Gasteiger charge is -2.27. The normalized spacial score (nSPS) is 12.6. The van der Waals surface area contributed by atoms with E-state index < -0.39 is 5.91 Å². The van der Waals surface area contributed by atoms with Gasteiger partial charge in [0.05, 0.1) is 11.4 Å². The van der Waals surface area contributed by atoms with Crippen LogP contribution in [0.25, 0.3) is 0 Å². The maximum atomic E-state index is 12.8. The zero-order valence-electron chi connectivity index (χ0n) is 19.6. The van der Waals surface area contributed by atoms with Crippen molar-refractivity contribution in [2.45, 2.75) is 26.8 Å². The van der Waals surface area contributed by atoms with Gasteiger partial charge in [0.25, 0.3) is 11.8 Å². The summed E-state index contributed by atoms with van der Waals surface area (Å²) in [6, 6.07) is 12.3. The lowest BCUT2D eigenvalue weighted by molar-refractivity contribution is -0.131. The largest absolute Gasteiger partial charge is 0.398 e. The van der Waals surface area contributed by atoms with E-state index in [1.807, 2.05) is 38.1 Å². The average Bonchev–Trinajstić information content (AvgIpc) is 3.29. The molecule has 0 atom stereocenters. The minimum atomic E-state index is -0.403. The van der Waals surface area contributed by atoms with Gasteiger partial charge in [-0.2, -0.15) is 0 Å². The summed E-state index contributed by atoms with van der Waals surface area (Å²) in [6.45, 7) is 4.78. The maximum absolute atomic E-state index is 12.8. The molecule has 180 valence electrons. The lowest BCUT2D eigenvalue weighted by atomic mass is 10.1. The van der Waals surface area contributed by atoms with Crippen LogP contribution in [0.1, 0.15) is 47.2 Å². The Balaban J connectivity index is 1.36. The number of nitrogens with two attached hydrogens (primary N) is 1. The number of thiophene rings is 1.